The van der Waals surface area contributed by atoms with E-state index in [0.717, 1.165) is 6.42 Å². The summed E-state index contributed by atoms with van der Waals surface area (Å²) in [6.07, 6.45) is 1.04. The van der Waals surface area contributed by atoms with E-state index in [9.17, 15) is 9.59 Å². The molecule has 0 saturated carbocycles. The Morgan fingerprint density at radius 2 is 1.96 bits per heavy atom. The lowest BCUT2D eigenvalue weighted by molar-refractivity contribution is 0.0308. The highest BCUT2D eigenvalue weighted by Gasteiger charge is 2.32. The number of benzene rings is 2. The molecule has 2 aliphatic heterocycles. The summed E-state index contributed by atoms with van der Waals surface area (Å²) >= 11 is 0. The SMILES string of the molecule is CC1(C)CC(=O)c2cc(NC(=O)NC[C@@H]3Cc4ccccc4CO3)ccc2O1. The van der Waals surface area contributed by atoms with E-state index in [1.165, 1.54) is 11.1 Å². The lowest BCUT2D eigenvalue weighted by Crippen LogP contribution is -2.39. The number of anilines is 1. The average Bonchev–Trinajstić information content (AvgIpc) is 2.66. The molecule has 146 valence electrons. The first-order valence-corrected chi connectivity index (χ1v) is 9.49. The van der Waals surface area contributed by atoms with Crippen molar-refractivity contribution in [2.45, 2.75) is 45.0 Å². The number of hydrogen-bond donors (Lipinski definition) is 2. The molecule has 1 atom stereocenters. The van der Waals surface area contributed by atoms with Gasteiger partial charge in [-0.25, -0.2) is 4.79 Å². The first-order chi connectivity index (χ1) is 13.4. The predicted molar refractivity (Wildman–Crippen MR) is 106 cm³/mol. The summed E-state index contributed by atoms with van der Waals surface area (Å²) < 4.78 is 11.6. The third-order valence-corrected chi connectivity index (χ3v) is 5.04. The van der Waals surface area contributed by atoms with Crippen LogP contribution in [-0.2, 0) is 17.8 Å². The van der Waals surface area contributed by atoms with Crippen LogP contribution in [0.5, 0.6) is 5.75 Å². The fraction of sp³-hybridized carbons (Fsp3) is 0.364. The Morgan fingerprint density at radius 1 is 1.18 bits per heavy atom. The zero-order valence-corrected chi connectivity index (χ0v) is 16.1. The maximum Gasteiger partial charge on any atom is 0.319 e. The Kier molecular flexibility index (Phi) is 4.81. The normalized spacial score (nSPS) is 19.8. The second kappa shape index (κ2) is 7.28. The van der Waals surface area contributed by atoms with Crippen molar-refractivity contribution < 1.29 is 19.1 Å². The van der Waals surface area contributed by atoms with Crippen LogP contribution in [0.1, 0.15) is 41.8 Å². The molecule has 0 unspecified atom stereocenters. The van der Waals surface area contributed by atoms with Gasteiger partial charge in [0.2, 0.25) is 0 Å². The van der Waals surface area contributed by atoms with Crippen molar-refractivity contribution in [3.8, 4) is 5.75 Å². The van der Waals surface area contributed by atoms with Crippen LogP contribution < -0.4 is 15.4 Å². The first-order valence-electron chi connectivity index (χ1n) is 9.49. The molecule has 0 saturated heterocycles. The standard InChI is InChI=1S/C22H24N2O4/c1-22(2)11-19(25)18-10-16(7-8-20(18)28-22)24-21(26)23-12-17-9-14-5-3-4-6-15(14)13-27-17/h3-8,10,17H,9,11-13H2,1-2H3,(H2,23,24,26)/t17-/m0/s1. The van der Waals surface area contributed by atoms with Gasteiger partial charge in [-0.15, -0.1) is 0 Å². The highest BCUT2D eigenvalue weighted by atomic mass is 16.5. The molecular weight excluding hydrogens is 356 g/mol. The maximum absolute atomic E-state index is 12.3. The Morgan fingerprint density at radius 3 is 2.79 bits per heavy atom. The number of nitrogens with one attached hydrogen (secondary N) is 2. The minimum Gasteiger partial charge on any atom is -0.487 e. The van der Waals surface area contributed by atoms with E-state index in [2.05, 4.69) is 22.8 Å². The molecule has 0 aromatic heterocycles. The topological polar surface area (TPSA) is 76.7 Å². The van der Waals surface area contributed by atoms with Gasteiger partial charge in [0, 0.05) is 18.7 Å². The number of rotatable bonds is 3. The van der Waals surface area contributed by atoms with E-state index < -0.39 is 5.60 Å². The molecule has 0 aliphatic carbocycles. The van der Waals surface area contributed by atoms with Crippen LogP contribution in [0, 0.1) is 0 Å². The van der Waals surface area contributed by atoms with E-state index in [-0.39, 0.29) is 17.9 Å². The minimum atomic E-state index is -0.505. The quantitative estimate of drug-likeness (QED) is 0.851. The van der Waals surface area contributed by atoms with Crippen LogP contribution in [0.3, 0.4) is 0 Å². The molecule has 2 aromatic carbocycles. The van der Waals surface area contributed by atoms with E-state index in [1.807, 2.05) is 26.0 Å². The maximum atomic E-state index is 12.3. The van der Waals surface area contributed by atoms with Crippen LogP contribution in [0.15, 0.2) is 42.5 Å². The van der Waals surface area contributed by atoms with Gasteiger partial charge in [-0.05, 0) is 43.2 Å². The van der Waals surface area contributed by atoms with Crippen molar-refractivity contribution in [2.24, 2.45) is 0 Å². The van der Waals surface area contributed by atoms with Crippen LogP contribution >= 0.6 is 0 Å². The van der Waals surface area contributed by atoms with Gasteiger partial charge < -0.3 is 20.1 Å². The van der Waals surface area contributed by atoms with E-state index in [4.69, 9.17) is 9.47 Å². The third kappa shape index (κ3) is 4.02. The van der Waals surface area contributed by atoms with Crippen LogP contribution in [0.2, 0.25) is 0 Å². The number of carbonyl (C=O) groups excluding carboxylic acids is 2. The van der Waals surface area contributed by atoms with Gasteiger partial charge in [0.25, 0.3) is 0 Å². The van der Waals surface area contributed by atoms with Gasteiger partial charge >= 0.3 is 6.03 Å². The van der Waals surface area contributed by atoms with Crippen LogP contribution in [0.25, 0.3) is 0 Å². The average molecular weight is 380 g/mol. The van der Waals surface area contributed by atoms with E-state index >= 15 is 0 Å². The zero-order chi connectivity index (χ0) is 19.7. The lowest BCUT2D eigenvalue weighted by Gasteiger charge is -2.31. The molecule has 2 aliphatic rings. The number of urea groups is 1. The lowest BCUT2D eigenvalue weighted by atomic mass is 9.93. The summed E-state index contributed by atoms with van der Waals surface area (Å²) in [6, 6.07) is 13.0. The molecule has 2 N–H and O–H groups in total. The highest BCUT2D eigenvalue weighted by Crippen LogP contribution is 2.34. The highest BCUT2D eigenvalue weighted by molar-refractivity contribution is 6.02. The van der Waals surface area contributed by atoms with Crippen LogP contribution in [0.4, 0.5) is 10.5 Å². The number of ether oxygens (including phenoxy) is 2. The molecule has 0 bridgehead atoms. The van der Waals surface area contributed by atoms with Gasteiger partial charge in [0.05, 0.1) is 24.7 Å². The number of Topliss-reactive ketones (excluding diaryl/α,β-unsaturated/α-hetero) is 1. The number of carbonyl (C=O) groups is 2. The van der Waals surface area contributed by atoms with Gasteiger partial charge in [0.15, 0.2) is 5.78 Å². The largest absolute Gasteiger partial charge is 0.487 e. The molecule has 2 amide bonds. The first kappa shape index (κ1) is 18.5. The van der Waals surface area contributed by atoms with Crippen molar-refractivity contribution in [3.63, 3.8) is 0 Å². The smallest absolute Gasteiger partial charge is 0.319 e. The third-order valence-electron chi connectivity index (χ3n) is 5.04. The van der Waals surface area contributed by atoms with Gasteiger partial charge in [-0.3, -0.25) is 4.79 Å². The fourth-order valence-corrected chi connectivity index (χ4v) is 3.65. The van der Waals surface area contributed by atoms with Crippen molar-refractivity contribution in [1.82, 2.24) is 5.32 Å². The fourth-order valence-electron chi connectivity index (χ4n) is 3.65. The Hall–Kier alpha value is -2.86. The Balaban J connectivity index is 1.34. The Bertz CT molecular complexity index is 923. The number of amides is 2. The van der Waals surface area contributed by atoms with Crippen molar-refractivity contribution in [1.29, 1.82) is 0 Å². The second-order valence-corrected chi connectivity index (χ2v) is 7.91. The summed E-state index contributed by atoms with van der Waals surface area (Å²) in [7, 11) is 0. The molecule has 0 fully saturated rings. The monoisotopic (exact) mass is 380 g/mol. The van der Waals surface area contributed by atoms with Gasteiger partial charge in [0.1, 0.15) is 11.4 Å². The zero-order valence-electron chi connectivity index (χ0n) is 16.1. The van der Waals surface area contributed by atoms with Crippen molar-refractivity contribution in [2.75, 3.05) is 11.9 Å². The molecular formula is C22H24N2O4. The summed E-state index contributed by atoms with van der Waals surface area (Å²) in [5, 5.41) is 5.62. The summed E-state index contributed by atoms with van der Waals surface area (Å²) in [5.41, 5.74) is 3.02. The van der Waals surface area contributed by atoms with Gasteiger partial charge in [-0.1, -0.05) is 24.3 Å². The number of ketones is 1. The molecule has 0 radical (unpaired) electrons. The van der Waals surface area contributed by atoms with Gasteiger partial charge in [-0.2, -0.15) is 0 Å². The molecule has 4 rings (SSSR count). The van der Waals surface area contributed by atoms with Crippen molar-refractivity contribution in [3.05, 3.63) is 59.2 Å². The van der Waals surface area contributed by atoms with E-state index in [0.29, 0.717) is 36.6 Å². The van der Waals surface area contributed by atoms with Crippen LogP contribution in [-0.4, -0.2) is 30.1 Å². The second-order valence-electron chi connectivity index (χ2n) is 7.91. The molecule has 28 heavy (non-hydrogen) atoms. The Labute approximate surface area is 164 Å². The molecule has 0 spiro atoms. The summed E-state index contributed by atoms with van der Waals surface area (Å²) in [5.74, 6) is 0.575. The van der Waals surface area contributed by atoms with Crippen molar-refractivity contribution >= 4 is 17.5 Å². The molecule has 6 heteroatoms. The molecule has 2 heterocycles. The number of hydrogen-bond acceptors (Lipinski definition) is 4. The molecule has 6 nitrogen and oxygen atoms in total. The number of fused-ring (bicyclic) bond motifs is 2. The predicted octanol–water partition coefficient (Wildman–Crippen LogP) is 3.69. The molecule has 2 aromatic rings. The minimum absolute atomic E-state index is 0.0181. The summed E-state index contributed by atoms with van der Waals surface area (Å²) in [6.45, 7) is 4.76. The van der Waals surface area contributed by atoms with E-state index in [1.54, 1.807) is 18.2 Å². The summed E-state index contributed by atoms with van der Waals surface area (Å²) in [4.78, 5) is 24.6.